The lowest BCUT2D eigenvalue weighted by Crippen LogP contribution is -2.47. The smallest absolute Gasteiger partial charge is 0.410 e. The molecule has 2 amide bonds. The molecule has 1 saturated heterocycles. The van der Waals surface area contributed by atoms with E-state index in [2.05, 4.69) is 20.6 Å². The van der Waals surface area contributed by atoms with E-state index in [-0.39, 0.29) is 24.0 Å². The lowest BCUT2D eigenvalue weighted by atomic mass is 10.0. The molecule has 0 bridgehead atoms. The predicted molar refractivity (Wildman–Crippen MR) is 179 cm³/mol. The SMILES string of the molecule is Cc1ccc2c(NC(=O)C3CCCC3)cccc2c1Oc1ncccc1-c1ccnc(N[C@H]2CCCN(C(=O)OC(C)(C)C)C2)n1. The summed E-state index contributed by atoms with van der Waals surface area (Å²) in [6.45, 7) is 8.78. The van der Waals surface area contributed by atoms with Crippen LogP contribution >= 0.6 is 0 Å². The average molecular weight is 623 g/mol. The highest BCUT2D eigenvalue weighted by Gasteiger charge is 2.28. The minimum Gasteiger partial charge on any atom is -0.444 e. The number of aromatic nitrogens is 3. The van der Waals surface area contributed by atoms with E-state index in [0.717, 1.165) is 60.5 Å². The number of fused-ring (bicyclic) bond motifs is 1. The molecule has 240 valence electrons. The van der Waals surface area contributed by atoms with E-state index < -0.39 is 5.60 Å². The van der Waals surface area contributed by atoms with Crippen LogP contribution in [0.2, 0.25) is 0 Å². The van der Waals surface area contributed by atoms with E-state index in [1.807, 2.05) is 76.2 Å². The van der Waals surface area contributed by atoms with Gasteiger partial charge in [0.1, 0.15) is 11.4 Å². The summed E-state index contributed by atoms with van der Waals surface area (Å²) >= 11 is 0. The molecule has 2 N–H and O–H groups in total. The van der Waals surface area contributed by atoms with E-state index in [9.17, 15) is 9.59 Å². The van der Waals surface area contributed by atoms with E-state index in [1.165, 1.54) is 0 Å². The molecule has 1 saturated carbocycles. The van der Waals surface area contributed by atoms with Crippen LogP contribution in [0, 0.1) is 12.8 Å². The van der Waals surface area contributed by atoms with Gasteiger partial charge >= 0.3 is 6.09 Å². The number of hydrogen-bond acceptors (Lipinski definition) is 8. The fraction of sp³-hybridized carbons (Fsp3) is 0.417. The summed E-state index contributed by atoms with van der Waals surface area (Å²) < 4.78 is 12.2. The van der Waals surface area contributed by atoms with Crippen LogP contribution in [0.3, 0.4) is 0 Å². The molecule has 0 spiro atoms. The minimum atomic E-state index is -0.545. The first-order chi connectivity index (χ1) is 22.1. The number of benzene rings is 2. The number of hydrogen-bond donors (Lipinski definition) is 2. The molecule has 1 atom stereocenters. The highest BCUT2D eigenvalue weighted by atomic mass is 16.6. The average Bonchev–Trinajstić information content (AvgIpc) is 3.58. The number of pyridine rings is 1. The number of aryl methyl sites for hydroxylation is 1. The van der Waals surface area contributed by atoms with Gasteiger partial charge in [0.05, 0.1) is 11.3 Å². The van der Waals surface area contributed by atoms with Gasteiger partial charge in [-0.2, -0.15) is 0 Å². The lowest BCUT2D eigenvalue weighted by Gasteiger charge is -2.34. The second kappa shape index (κ2) is 13.3. The molecule has 0 radical (unpaired) electrons. The molecule has 1 aliphatic heterocycles. The van der Waals surface area contributed by atoms with Crippen molar-refractivity contribution in [3.05, 3.63) is 66.5 Å². The summed E-state index contributed by atoms with van der Waals surface area (Å²) in [7, 11) is 0. The number of ether oxygens (including phenoxy) is 2. The van der Waals surface area contributed by atoms with Gasteiger partial charge in [-0.15, -0.1) is 0 Å². The van der Waals surface area contributed by atoms with Crippen molar-refractivity contribution in [3.63, 3.8) is 0 Å². The number of carbonyl (C=O) groups is 2. The molecule has 10 heteroatoms. The Morgan fingerprint density at radius 3 is 2.54 bits per heavy atom. The Hall–Kier alpha value is -4.73. The number of carbonyl (C=O) groups excluding carboxylic acids is 2. The first-order valence-corrected chi connectivity index (χ1v) is 16.2. The Bertz CT molecular complexity index is 1730. The zero-order valence-electron chi connectivity index (χ0n) is 27.0. The van der Waals surface area contributed by atoms with Crippen molar-refractivity contribution in [1.82, 2.24) is 19.9 Å². The third-order valence-corrected chi connectivity index (χ3v) is 8.50. The van der Waals surface area contributed by atoms with E-state index in [0.29, 0.717) is 41.9 Å². The molecule has 1 aliphatic carbocycles. The zero-order valence-corrected chi connectivity index (χ0v) is 27.0. The zero-order chi connectivity index (χ0) is 32.3. The van der Waals surface area contributed by atoms with Crippen LogP contribution < -0.4 is 15.4 Å². The summed E-state index contributed by atoms with van der Waals surface area (Å²) in [4.78, 5) is 41.2. The van der Waals surface area contributed by atoms with Crippen LogP contribution in [-0.2, 0) is 9.53 Å². The molecule has 2 fully saturated rings. The van der Waals surface area contributed by atoms with Gasteiger partial charge in [-0.25, -0.2) is 19.7 Å². The second-order valence-corrected chi connectivity index (χ2v) is 13.2. The number of anilines is 2. The quantitative estimate of drug-likeness (QED) is 0.215. The van der Waals surface area contributed by atoms with Crippen LogP contribution in [0.25, 0.3) is 22.0 Å². The molecule has 0 unspecified atom stereocenters. The van der Waals surface area contributed by atoms with Gasteiger partial charge in [0.15, 0.2) is 0 Å². The molecule has 2 aromatic carbocycles. The molecule has 2 aromatic heterocycles. The third kappa shape index (κ3) is 7.22. The Balaban J connectivity index is 1.23. The summed E-state index contributed by atoms with van der Waals surface area (Å²) in [5.41, 5.74) is 2.55. The molecule has 10 nitrogen and oxygen atoms in total. The normalized spacial score (nSPS) is 17.1. The third-order valence-electron chi connectivity index (χ3n) is 8.50. The molecule has 4 aromatic rings. The van der Waals surface area contributed by atoms with Gasteiger partial charge < -0.3 is 25.0 Å². The van der Waals surface area contributed by atoms with Crippen LogP contribution in [0.4, 0.5) is 16.4 Å². The van der Waals surface area contributed by atoms with Crippen molar-refractivity contribution in [3.8, 4) is 22.9 Å². The summed E-state index contributed by atoms with van der Waals surface area (Å²) in [6.07, 6.45) is 8.93. The first-order valence-electron chi connectivity index (χ1n) is 16.2. The monoisotopic (exact) mass is 622 g/mol. The van der Waals surface area contributed by atoms with Crippen molar-refractivity contribution in [2.24, 2.45) is 5.92 Å². The Morgan fingerprint density at radius 2 is 1.74 bits per heavy atom. The van der Waals surface area contributed by atoms with Crippen molar-refractivity contribution in [1.29, 1.82) is 0 Å². The highest BCUT2D eigenvalue weighted by molar-refractivity contribution is 6.05. The molecular formula is C36H42N6O4. The van der Waals surface area contributed by atoms with Gasteiger partial charge in [0.2, 0.25) is 17.7 Å². The Labute approximate surface area is 269 Å². The fourth-order valence-electron chi connectivity index (χ4n) is 6.22. The Morgan fingerprint density at radius 1 is 0.913 bits per heavy atom. The van der Waals surface area contributed by atoms with Crippen LogP contribution in [0.1, 0.15) is 64.9 Å². The van der Waals surface area contributed by atoms with Gasteiger partial charge in [-0.3, -0.25) is 4.79 Å². The number of piperidine rings is 1. The molecular weight excluding hydrogens is 580 g/mol. The molecule has 3 heterocycles. The largest absolute Gasteiger partial charge is 0.444 e. The topological polar surface area (TPSA) is 119 Å². The lowest BCUT2D eigenvalue weighted by molar-refractivity contribution is -0.119. The van der Waals surface area contributed by atoms with Crippen molar-refractivity contribution >= 4 is 34.4 Å². The first kappa shape index (κ1) is 31.3. The van der Waals surface area contributed by atoms with Crippen LogP contribution in [0.15, 0.2) is 60.9 Å². The van der Waals surface area contributed by atoms with E-state index >= 15 is 0 Å². The van der Waals surface area contributed by atoms with Crippen LogP contribution in [0.5, 0.6) is 11.6 Å². The summed E-state index contributed by atoms with van der Waals surface area (Å²) in [5.74, 6) is 1.70. The number of nitrogens with zero attached hydrogens (tertiary/aromatic N) is 4. The summed E-state index contributed by atoms with van der Waals surface area (Å²) in [5, 5.41) is 8.38. The second-order valence-electron chi connectivity index (χ2n) is 13.2. The van der Waals surface area contributed by atoms with Gasteiger partial charge in [0, 0.05) is 53.9 Å². The maximum absolute atomic E-state index is 13.0. The minimum absolute atomic E-state index is 0.0113. The van der Waals surface area contributed by atoms with E-state index in [1.54, 1.807) is 17.3 Å². The standard InChI is InChI=1S/C36H42N6O4/c1-23-16-17-26-27(13-7-15-29(26)40-32(43)24-10-5-6-11-24)31(23)45-33-28(14-8-19-37-33)30-18-20-38-34(41-30)39-25-12-9-21-42(22-25)35(44)46-36(2,3)4/h7-8,13-20,24-25H,5-6,9-12,21-22H2,1-4H3,(H,40,43)(H,38,39,41)/t25-/m0/s1. The van der Waals surface area contributed by atoms with E-state index in [4.69, 9.17) is 14.5 Å². The van der Waals surface area contributed by atoms with Crippen molar-refractivity contribution < 1.29 is 19.1 Å². The maximum Gasteiger partial charge on any atom is 0.410 e. The van der Waals surface area contributed by atoms with Crippen molar-refractivity contribution in [2.75, 3.05) is 23.7 Å². The fourth-order valence-corrected chi connectivity index (χ4v) is 6.22. The molecule has 2 aliphatic rings. The van der Waals surface area contributed by atoms with Crippen LogP contribution in [-0.4, -0.2) is 56.6 Å². The number of rotatable bonds is 7. The van der Waals surface area contributed by atoms with Crippen molar-refractivity contribution in [2.45, 2.75) is 77.9 Å². The van der Waals surface area contributed by atoms with Gasteiger partial charge in [-0.1, -0.05) is 37.1 Å². The number of nitrogens with one attached hydrogen (secondary N) is 2. The number of amides is 2. The van der Waals surface area contributed by atoms with Gasteiger partial charge in [0.25, 0.3) is 0 Å². The maximum atomic E-state index is 13.0. The molecule has 6 rings (SSSR count). The molecule has 46 heavy (non-hydrogen) atoms. The predicted octanol–water partition coefficient (Wildman–Crippen LogP) is 7.73. The Kier molecular flexibility index (Phi) is 9.05. The van der Waals surface area contributed by atoms with Gasteiger partial charge in [-0.05, 0) is 83.2 Å². The number of likely N-dealkylation sites (tertiary alicyclic amines) is 1. The summed E-state index contributed by atoms with van der Waals surface area (Å²) in [6, 6.07) is 15.5. The highest BCUT2D eigenvalue weighted by Crippen LogP contribution is 2.39.